The molecule has 1 aliphatic carbocycles. The molecule has 0 amide bonds. The second-order valence-corrected chi connectivity index (χ2v) is 6.73. The van der Waals surface area contributed by atoms with Crippen molar-refractivity contribution in [3.63, 3.8) is 0 Å². The van der Waals surface area contributed by atoms with E-state index in [2.05, 4.69) is 27.2 Å². The lowest BCUT2D eigenvalue weighted by molar-refractivity contribution is 0.103. The van der Waals surface area contributed by atoms with E-state index in [1.165, 1.54) is 11.8 Å². The Kier molecular flexibility index (Phi) is 3.27. The summed E-state index contributed by atoms with van der Waals surface area (Å²) in [5, 5.41) is 4.34. The first-order valence-electron chi connectivity index (χ1n) is 8.74. The van der Waals surface area contributed by atoms with E-state index in [4.69, 9.17) is 5.73 Å². The number of carbonyl (C=O) groups is 1. The van der Waals surface area contributed by atoms with Gasteiger partial charge in [-0.05, 0) is 48.7 Å². The van der Waals surface area contributed by atoms with Crippen LogP contribution < -0.4 is 5.73 Å². The van der Waals surface area contributed by atoms with E-state index in [1.54, 1.807) is 4.68 Å². The molecule has 0 bridgehead atoms. The molecule has 0 saturated heterocycles. The zero-order chi connectivity index (χ0) is 18.5. The quantitative estimate of drug-likeness (QED) is 0.551. The molecule has 2 aromatic heterocycles. The van der Waals surface area contributed by atoms with Crippen molar-refractivity contribution < 1.29 is 4.79 Å². The number of benzene rings is 2. The van der Waals surface area contributed by atoms with Gasteiger partial charge in [0.25, 0.3) is 0 Å². The first kappa shape index (κ1) is 15.6. The summed E-state index contributed by atoms with van der Waals surface area (Å²) in [7, 11) is 0. The molecule has 6 nitrogen and oxygen atoms in total. The Bertz CT molecular complexity index is 1240. The van der Waals surface area contributed by atoms with Gasteiger partial charge in [-0.3, -0.25) is 4.79 Å². The van der Waals surface area contributed by atoms with Gasteiger partial charge in [0.1, 0.15) is 11.6 Å². The number of aromatic nitrogens is 4. The maximum Gasteiger partial charge on any atom is 0.198 e. The second kappa shape index (κ2) is 5.67. The van der Waals surface area contributed by atoms with Crippen LogP contribution in [0.3, 0.4) is 0 Å². The molecule has 5 rings (SSSR count). The Labute approximate surface area is 155 Å². The molecular formula is C21H17N5O. The van der Waals surface area contributed by atoms with Gasteiger partial charge in [-0.15, -0.1) is 0 Å². The summed E-state index contributed by atoms with van der Waals surface area (Å²) in [4.78, 5) is 20.6. The fourth-order valence-corrected chi connectivity index (χ4v) is 3.55. The van der Waals surface area contributed by atoms with E-state index in [0.29, 0.717) is 16.9 Å². The maximum absolute atomic E-state index is 13.0. The lowest BCUT2D eigenvalue weighted by atomic mass is 10.0. The SMILES string of the molecule is Cc1nc2ccc(-n3ncc(C(=O)c4ccc5c(c4)CC=C5)c3N)cc2[nH]1. The molecule has 0 spiro atoms. The molecule has 0 aliphatic heterocycles. The number of nitrogen functional groups attached to an aromatic ring is 1. The monoisotopic (exact) mass is 355 g/mol. The second-order valence-electron chi connectivity index (χ2n) is 6.73. The summed E-state index contributed by atoms with van der Waals surface area (Å²) in [6.45, 7) is 1.91. The first-order chi connectivity index (χ1) is 13.1. The summed E-state index contributed by atoms with van der Waals surface area (Å²) in [5.74, 6) is 1.05. The van der Waals surface area contributed by atoms with Crippen LogP contribution in [0.2, 0.25) is 0 Å². The Morgan fingerprint density at radius 3 is 3.00 bits per heavy atom. The third-order valence-corrected chi connectivity index (χ3v) is 4.92. The minimum absolute atomic E-state index is 0.119. The molecule has 0 saturated carbocycles. The number of nitrogens with zero attached hydrogens (tertiary/aromatic N) is 3. The number of H-pyrrole nitrogens is 1. The Balaban J connectivity index is 1.53. The number of allylic oxidation sites excluding steroid dienone is 1. The zero-order valence-electron chi connectivity index (χ0n) is 14.7. The number of imidazole rings is 1. The number of fused-ring (bicyclic) bond motifs is 2. The van der Waals surface area contributed by atoms with E-state index in [9.17, 15) is 4.79 Å². The summed E-state index contributed by atoms with van der Waals surface area (Å²) in [6, 6.07) is 11.5. The Hall–Kier alpha value is -3.67. The van der Waals surface area contributed by atoms with E-state index in [0.717, 1.165) is 34.5 Å². The molecule has 0 unspecified atom stereocenters. The van der Waals surface area contributed by atoms with Crippen molar-refractivity contribution >= 4 is 28.7 Å². The average Bonchev–Trinajstić information content (AvgIpc) is 3.36. The normalized spacial score (nSPS) is 12.6. The molecule has 132 valence electrons. The fraction of sp³-hybridized carbons (Fsp3) is 0.0952. The first-order valence-corrected chi connectivity index (χ1v) is 8.74. The standard InChI is InChI=1S/C21H17N5O/c1-12-24-18-8-7-16(10-19(18)25-12)26-21(22)17(11-23-26)20(27)15-6-5-13-3-2-4-14(13)9-15/h2-3,5-11H,4,22H2,1H3,(H,24,25). The maximum atomic E-state index is 13.0. The lowest BCUT2D eigenvalue weighted by Crippen LogP contribution is -2.07. The number of hydrogen-bond donors (Lipinski definition) is 2. The van der Waals surface area contributed by atoms with Gasteiger partial charge in [-0.25, -0.2) is 9.67 Å². The minimum Gasteiger partial charge on any atom is -0.383 e. The number of ketones is 1. The number of nitrogens with one attached hydrogen (secondary N) is 1. The molecular weight excluding hydrogens is 338 g/mol. The molecule has 1 aliphatic rings. The Morgan fingerprint density at radius 2 is 2.11 bits per heavy atom. The van der Waals surface area contributed by atoms with Crippen LogP contribution in [-0.2, 0) is 6.42 Å². The number of aromatic amines is 1. The van der Waals surface area contributed by atoms with Crippen LogP contribution in [0.25, 0.3) is 22.8 Å². The molecule has 3 N–H and O–H groups in total. The van der Waals surface area contributed by atoms with Crippen molar-refractivity contribution in [2.24, 2.45) is 0 Å². The van der Waals surface area contributed by atoms with Gasteiger partial charge in [0.15, 0.2) is 5.78 Å². The predicted molar refractivity (Wildman–Crippen MR) is 105 cm³/mol. The van der Waals surface area contributed by atoms with E-state index in [-0.39, 0.29) is 5.78 Å². The van der Waals surface area contributed by atoms with Crippen LogP contribution in [-0.4, -0.2) is 25.5 Å². The lowest BCUT2D eigenvalue weighted by Gasteiger charge is -2.06. The molecule has 6 heteroatoms. The average molecular weight is 355 g/mol. The van der Waals surface area contributed by atoms with Crippen molar-refractivity contribution in [3.8, 4) is 5.69 Å². The highest BCUT2D eigenvalue weighted by Crippen LogP contribution is 2.25. The van der Waals surface area contributed by atoms with Gasteiger partial charge in [0, 0.05) is 5.56 Å². The van der Waals surface area contributed by atoms with Crippen molar-refractivity contribution in [3.05, 3.63) is 76.7 Å². The van der Waals surface area contributed by atoms with Crippen molar-refractivity contribution in [1.82, 2.24) is 19.7 Å². The topological polar surface area (TPSA) is 89.6 Å². The van der Waals surface area contributed by atoms with Crippen molar-refractivity contribution in [1.29, 1.82) is 0 Å². The highest BCUT2D eigenvalue weighted by molar-refractivity contribution is 6.12. The Morgan fingerprint density at radius 1 is 1.22 bits per heavy atom. The number of carbonyl (C=O) groups excluding carboxylic acids is 1. The van der Waals surface area contributed by atoms with Crippen molar-refractivity contribution in [2.75, 3.05) is 5.73 Å². The van der Waals surface area contributed by atoms with Gasteiger partial charge in [0.05, 0.1) is 28.5 Å². The highest BCUT2D eigenvalue weighted by Gasteiger charge is 2.19. The highest BCUT2D eigenvalue weighted by atomic mass is 16.1. The van der Waals surface area contributed by atoms with Crippen molar-refractivity contribution in [2.45, 2.75) is 13.3 Å². The number of aryl methyl sites for hydroxylation is 1. The van der Waals surface area contributed by atoms with Gasteiger partial charge in [0.2, 0.25) is 0 Å². The number of nitrogens with two attached hydrogens (primary N) is 1. The van der Waals surface area contributed by atoms with Crippen LogP contribution >= 0.6 is 0 Å². The molecule has 2 aromatic carbocycles. The molecule has 2 heterocycles. The van der Waals surface area contributed by atoms with Crippen LogP contribution in [0.15, 0.2) is 48.7 Å². The fourth-order valence-electron chi connectivity index (χ4n) is 3.55. The summed E-state index contributed by atoms with van der Waals surface area (Å²) in [5.41, 5.74) is 12.2. The molecule has 0 fully saturated rings. The van der Waals surface area contributed by atoms with Crippen LogP contribution in [0.5, 0.6) is 0 Å². The number of hydrogen-bond acceptors (Lipinski definition) is 4. The number of anilines is 1. The molecule has 0 radical (unpaired) electrons. The van der Waals surface area contributed by atoms with Crippen LogP contribution in [0, 0.1) is 6.92 Å². The van der Waals surface area contributed by atoms with Crippen LogP contribution in [0.1, 0.15) is 32.9 Å². The zero-order valence-corrected chi connectivity index (χ0v) is 14.7. The van der Waals surface area contributed by atoms with E-state index in [1.807, 2.05) is 43.3 Å². The predicted octanol–water partition coefficient (Wildman–Crippen LogP) is 3.44. The molecule has 4 aromatic rings. The largest absolute Gasteiger partial charge is 0.383 e. The summed E-state index contributed by atoms with van der Waals surface area (Å²) >= 11 is 0. The number of rotatable bonds is 3. The van der Waals surface area contributed by atoms with E-state index < -0.39 is 0 Å². The summed E-state index contributed by atoms with van der Waals surface area (Å²) < 4.78 is 1.58. The third-order valence-electron chi connectivity index (χ3n) is 4.92. The minimum atomic E-state index is -0.119. The van der Waals surface area contributed by atoms with Gasteiger partial charge in [-0.2, -0.15) is 5.10 Å². The summed E-state index contributed by atoms with van der Waals surface area (Å²) in [6.07, 6.45) is 6.56. The smallest absolute Gasteiger partial charge is 0.198 e. The molecule has 27 heavy (non-hydrogen) atoms. The van der Waals surface area contributed by atoms with Gasteiger partial charge >= 0.3 is 0 Å². The van der Waals surface area contributed by atoms with E-state index >= 15 is 0 Å². The van der Waals surface area contributed by atoms with Gasteiger partial charge in [-0.1, -0.05) is 24.3 Å². The van der Waals surface area contributed by atoms with Crippen LogP contribution in [0.4, 0.5) is 5.82 Å². The van der Waals surface area contributed by atoms with Gasteiger partial charge < -0.3 is 10.7 Å². The molecule has 0 atom stereocenters. The third kappa shape index (κ3) is 2.45.